The van der Waals surface area contributed by atoms with E-state index in [1.54, 1.807) is 32.4 Å². The average Bonchev–Trinajstić information content (AvgIpc) is 2.54. The summed E-state index contributed by atoms with van der Waals surface area (Å²) >= 11 is 0. The van der Waals surface area contributed by atoms with Gasteiger partial charge in [-0.25, -0.2) is 0 Å². The molecule has 0 saturated carbocycles. The highest BCUT2D eigenvalue weighted by Gasteiger charge is 2.22. The predicted molar refractivity (Wildman–Crippen MR) is 80.7 cm³/mol. The molecule has 1 saturated heterocycles. The van der Waals surface area contributed by atoms with Crippen LogP contribution < -0.4 is 9.47 Å². The molecule has 1 aromatic carbocycles. The van der Waals surface area contributed by atoms with Gasteiger partial charge in [0.15, 0.2) is 11.5 Å². The summed E-state index contributed by atoms with van der Waals surface area (Å²) in [7, 11) is 3.13. The molecule has 1 amide bonds. The number of rotatable bonds is 4. The Morgan fingerprint density at radius 2 is 1.86 bits per heavy atom. The van der Waals surface area contributed by atoms with Gasteiger partial charge in [0.1, 0.15) is 0 Å². The minimum atomic E-state index is 0.0105. The quantitative estimate of drug-likeness (QED) is 0.778. The van der Waals surface area contributed by atoms with Crippen LogP contribution in [0.15, 0.2) is 18.2 Å². The van der Waals surface area contributed by atoms with E-state index in [2.05, 4.69) is 10.8 Å². The number of hydrogen-bond acceptors (Lipinski definition) is 4. The number of ether oxygens (including phenoxy) is 2. The first-order chi connectivity index (χ1) is 10.2. The normalized spacial score (nSPS) is 15.4. The van der Waals surface area contributed by atoms with Crippen molar-refractivity contribution in [2.24, 2.45) is 0 Å². The summed E-state index contributed by atoms with van der Waals surface area (Å²) < 4.78 is 10.4. The number of benzene rings is 1. The summed E-state index contributed by atoms with van der Waals surface area (Å²) in [6.45, 7) is 3.63. The molecule has 0 atom stereocenters. The minimum absolute atomic E-state index is 0.0105. The third-order valence-electron chi connectivity index (χ3n) is 3.60. The molecule has 1 aliphatic rings. The summed E-state index contributed by atoms with van der Waals surface area (Å²) in [6.07, 6.45) is 5.31. The zero-order chi connectivity index (χ0) is 15.2. The second-order valence-corrected chi connectivity index (χ2v) is 4.84. The van der Waals surface area contributed by atoms with Gasteiger partial charge in [-0.05, 0) is 18.2 Å². The molecule has 0 spiro atoms. The molecule has 5 nitrogen and oxygen atoms in total. The second kappa shape index (κ2) is 7.00. The molecule has 1 aliphatic heterocycles. The Morgan fingerprint density at radius 1 is 1.19 bits per heavy atom. The average molecular weight is 288 g/mol. The fourth-order valence-corrected chi connectivity index (χ4v) is 2.39. The smallest absolute Gasteiger partial charge is 0.254 e. The van der Waals surface area contributed by atoms with E-state index in [0.717, 1.165) is 13.1 Å². The van der Waals surface area contributed by atoms with Crippen LogP contribution in [0.4, 0.5) is 0 Å². The lowest BCUT2D eigenvalue weighted by Gasteiger charge is -2.33. The molecule has 0 radical (unpaired) electrons. The Kier molecular flexibility index (Phi) is 5.07. The van der Waals surface area contributed by atoms with Crippen molar-refractivity contribution in [3.8, 4) is 23.8 Å². The third kappa shape index (κ3) is 3.47. The Bertz CT molecular complexity index is 543. The molecule has 21 heavy (non-hydrogen) atoms. The highest BCUT2D eigenvalue weighted by Crippen LogP contribution is 2.28. The lowest BCUT2D eigenvalue weighted by Crippen LogP contribution is -2.48. The maximum atomic E-state index is 12.5. The van der Waals surface area contributed by atoms with Crippen LogP contribution in [0.25, 0.3) is 0 Å². The summed E-state index contributed by atoms with van der Waals surface area (Å²) in [6, 6.07) is 5.23. The van der Waals surface area contributed by atoms with Gasteiger partial charge in [-0.3, -0.25) is 9.69 Å². The van der Waals surface area contributed by atoms with Gasteiger partial charge in [0.05, 0.1) is 20.8 Å². The van der Waals surface area contributed by atoms with E-state index < -0.39 is 0 Å². The number of amides is 1. The van der Waals surface area contributed by atoms with Crippen LogP contribution in [-0.4, -0.2) is 62.7 Å². The van der Waals surface area contributed by atoms with Gasteiger partial charge in [0.25, 0.3) is 5.91 Å². The number of terminal acetylenes is 1. The molecule has 0 N–H and O–H groups in total. The Labute approximate surface area is 125 Å². The van der Waals surface area contributed by atoms with E-state index in [0.29, 0.717) is 36.7 Å². The van der Waals surface area contributed by atoms with Gasteiger partial charge >= 0.3 is 0 Å². The number of nitrogens with zero attached hydrogens (tertiary/aromatic N) is 2. The standard InChI is InChI=1S/C16H20N2O3/c1-4-7-17-8-10-18(11-9-17)16(19)13-5-6-14(20-2)15(12-13)21-3/h1,5-6,12H,7-11H2,2-3H3. The molecule has 2 rings (SSSR count). The number of carbonyl (C=O) groups is 1. The predicted octanol–water partition coefficient (Wildman–Crippen LogP) is 1.09. The highest BCUT2D eigenvalue weighted by atomic mass is 16.5. The molecular weight excluding hydrogens is 268 g/mol. The van der Waals surface area contributed by atoms with Crippen molar-refractivity contribution in [2.45, 2.75) is 0 Å². The highest BCUT2D eigenvalue weighted by molar-refractivity contribution is 5.95. The second-order valence-electron chi connectivity index (χ2n) is 4.84. The fourth-order valence-electron chi connectivity index (χ4n) is 2.39. The first-order valence-electron chi connectivity index (χ1n) is 6.86. The maximum Gasteiger partial charge on any atom is 0.254 e. The Balaban J connectivity index is 2.06. The summed E-state index contributed by atoms with van der Waals surface area (Å²) in [5, 5.41) is 0. The molecule has 112 valence electrons. The van der Waals surface area contributed by atoms with Crippen LogP contribution in [0.1, 0.15) is 10.4 Å². The molecule has 0 unspecified atom stereocenters. The van der Waals surface area contributed by atoms with E-state index >= 15 is 0 Å². The largest absolute Gasteiger partial charge is 0.493 e. The maximum absolute atomic E-state index is 12.5. The molecule has 0 bridgehead atoms. The number of carbonyl (C=O) groups excluding carboxylic acids is 1. The van der Waals surface area contributed by atoms with Gasteiger partial charge in [-0.2, -0.15) is 0 Å². The van der Waals surface area contributed by atoms with Crippen molar-refractivity contribution in [3.63, 3.8) is 0 Å². The molecule has 0 aliphatic carbocycles. The van der Waals surface area contributed by atoms with E-state index in [1.807, 2.05) is 4.90 Å². The van der Waals surface area contributed by atoms with E-state index in [1.165, 1.54) is 0 Å². The lowest BCUT2D eigenvalue weighted by atomic mass is 10.1. The Hall–Kier alpha value is -2.19. The number of hydrogen-bond donors (Lipinski definition) is 0. The van der Waals surface area contributed by atoms with Crippen molar-refractivity contribution >= 4 is 5.91 Å². The molecular formula is C16H20N2O3. The fraction of sp³-hybridized carbons (Fsp3) is 0.438. The molecule has 5 heteroatoms. The first-order valence-corrected chi connectivity index (χ1v) is 6.86. The molecule has 1 heterocycles. The van der Waals surface area contributed by atoms with Gasteiger partial charge in [0, 0.05) is 31.7 Å². The summed E-state index contributed by atoms with van der Waals surface area (Å²) in [5.41, 5.74) is 0.609. The van der Waals surface area contributed by atoms with Crippen LogP contribution in [-0.2, 0) is 0 Å². The van der Waals surface area contributed by atoms with Crippen molar-refractivity contribution < 1.29 is 14.3 Å². The first kappa shape index (κ1) is 15.2. The van der Waals surface area contributed by atoms with Crippen LogP contribution in [0, 0.1) is 12.3 Å². The number of piperazine rings is 1. The zero-order valence-corrected chi connectivity index (χ0v) is 12.5. The van der Waals surface area contributed by atoms with Crippen molar-refractivity contribution in [1.29, 1.82) is 0 Å². The molecule has 0 aromatic heterocycles. The topological polar surface area (TPSA) is 42.0 Å². The van der Waals surface area contributed by atoms with Gasteiger partial charge in [-0.15, -0.1) is 6.42 Å². The molecule has 1 aromatic rings. The van der Waals surface area contributed by atoms with Gasteiger partial charge in [-0.1, -0.05) is 5.92 Å². The van der Waals surface area contributed by atoms with Crippen LogP contribution in [0.2, 0.25) is 0 Å². The summed E-state index contributed by atoms with van der Waals surface area (Å²) in [5.74, 6) is 3.83. The Morgan fingerprint density at radius 3 is 2.43 bits per heavy atom. The van der Waals surface area contributed by atoms with E-state index in [4.69, 9.17) is 15.9 Å². The van der Waals surface area contributed by atoms with E-state index in [-0.39, 0.29) is 5.91 Å². The third-order valence-corrected chi connectivity index (χ3v) is 3.60. The monoisotopic (exact) mass is 288 g/mol. The van der Waals surface area contributed by atoms with Crippen LogP contribution >= 0.6 is 0 Å². The van der Waals surface area contributed by atoms with Crippen molar-refractivity contribution in [1.82, 2.24) is 9.80 Å². The lowest BCUT2D eigenvalue weighted by molar-refractivity contribution is 0.0652. The summed E-state index contributed by atoms with van der Waals surface area (Å²) in [4.78, 5) is 16.5. The van der Waals surface area contributed by atoms with Crippen LogP contribution in [0.3, 0.4) is 0 Å². The van der Waals surface area contributed by atoms with Gasteiger partial charge in [0.2, 0.25) is 0 Å². The SMILES string of the molecule is C#CCN1CCN(C(=O)c2ccc(OC)c(OC)c2)CC1. The zero-order valence-electron chi connectivity index (χ0n) is 12.5. The minimum Gasteiger partial charge on any atom is -0.493 e. The number of methoxy groups -OCH3 is 2. The van der Waals surface area contributed by atoms with Gasteiger partial charge < -0.3 is 14.4 Å². The van der Waals surface area contributed by atoms with Crippen molar-refractivity contribution in [3.05, 3.63) is 23.8 Å². The van der Waals surface area contributed by atoms with Crippen molar-refractivity contribution in [2.75, 3.05) is 46.9 Å². The van der Waals surface area contributed by atoms with Crippen LogP contribution in [0.5, 0.6) is 11.5 Å². The van der Waals surface area contributed by atoms with E-state index in [9.17, 15) is 4.79 Å². The molecule has 1 fully saturated rings.